The SMILES string of the molecule is FC(F)c1cnn2c1C=NCC2. The smallest absolute Gasteiger partial charge is 0.267 e. The molecule has 3 nitrogen and oxygen atoms in total. The Balaban J connectivity index is 2.47. The summed E-state index contributed by atoms with van der Waals surface area (Å²) in [5.41, 5.74) is 0.412. The Morgan fingerprint density at radius 3 is 3.08 bits per heavy atom. The van der Waals surface area contributed by atoms with Crippen LogP contribution >= 0.6 is 0 Å². The van der Waals surface area contributed by atoms with E-state index in [1.807, 2.05) is 0 Å². The molecule has 2 rings (SSSR count). The molecule has 0 saturated heterocycles. The van der Waals surface area contributed by atoms with Crippen LogP contribution in [0.3, 0.4) is 0 Å². The first kappa shape index (κ1) is 7.39. The van der Waals surface area contributed by atoms with Crippen LogP contribution in [-0.4, -0.2) is 22.5 Å². The van der Waals surface area contributed by atoms with Crippen LogP contribution in [0.25, 0.3) is 0 Å². The number of hydrogen-bond acceptors (Lipinski definition) is 2. The average Bonchev–Trinajstić information content (AvgIpc) is 2.47. The lowest BCUT2D eigenvalue weighted by molar-refractivity contribution is 0.151. The van der Waals surface area contributed by atoms with Crippen molar-refractivity contribution < 1.29 is 8.78 Å². The predicted molar refractivity (Wildman–Crippen MR) is 39.6 cm³/mol. The molecule has 1 aliphatic rings. The molecule has 0 atom stereocenters. The highest BCUT2D eigenvalue weighted by molar-refractivity contribution is 5.80. The third-order valence-corrected chi connectivity index (χ3v) is 1.80. The van der Waals surface area contributed by atoms with Crippen molar-refractivity contribution >= 4 is 6.21 Å². The molecule has 0 aromatic carbocycles. The van der Waals surface area contributed by atoms with Crippen molar-refractivity contribution in [2.75, 3.05) is 6.54 Å². The van der Waals surface area contributed by atoms with Crippen LogP contribution < -0.4 is 0 Å². The molecule has 0 amide bonds. The van der Waals surface area contributed by atoms with E-state index in [9.17, 15) is 8.78 Å². The van der Waals surface area contributed by atoms with Gasteiger partial charge in [0.05, 0.1) is 30.5 Å². The van der Waals surface area contributed by atoms with E-state index in [-0.39, 0.29) is 5.56 Å². The molecule has 0 radical (unpaired) electrons. The first-order valence-electron chi connectivity index (χ1n) is 3.62. The van der Waals surface area contributed by atoms with Gasteiger partial charge in [-0.15, -0.1) is 0 Å². The summed E-state index contributed by atoms with van der Waals surface area (Å²) >= 11 is 0. The topological polar surface area (TPSA) is 30.2 Å². The largest absolute Gasteiger partial charge is 0.289 e. The molecular weight excluding hydrogens is 164 g/mol. The van der Waals surface area contributed by atoms with Crippen LogP contribution in [0, 0.1) is 0 Å². The van der Waals surface area contributed by atoms with Gasteiger partial charge in [0.25, 0.3) is 6.43 Å². The third kappa shape index (κ3) is 1.01. The van der Waals surface area contributed by atoms with Gasteiger partial charge in [-0.25, -0.2) is 8.78 Å². The van der Waals surface area contributed by atoms with Crippen LogP contribution in [0.2, 0.25) is 0 Å². The highest BCUT2D eigenvalue weighted by Crippen LogP contribution is 2.22. The molecule has 0 aliphatic carbocycles. The lowest BCUT2D eigenvalue weighted by Crippen LogP contribution is -2.12. The van der Waals surface area contributed by atoms with Crippen molar-refractivity contribution in [1.29, 1.82) is 0 Å². The van der Waals surface area contributed by atoms with E-state index in [1.54, 1.807) is 4.68 Å². The zero-order chi connectivity index (χ0) is 8.55. The summed E-state index contributed by atoms with van der Waals surface area (Å²) in [7, 11) is 0. The Morgan fingerprint density at radius 1 is 1.50 bits per heavy atom. The number of fused-ring (bicyclic) bond motifs is 1. The molecule has 0 bridgehead atoms. The van der Waals surface area contributed by atoms with Gasteiger partial charge in [-0.3, -0.25) is 9.67 Å². The first-order chi connectivity index (χ1) is 5.79. The fourth-order valence-electron chi connectivity index (χ4n) is 1.20. The quantitative estimate of drug-likeness (QED) is 0.625. The van der Waals surface area contributed by atoms with E-state index in [4.69, 9.17) is 0 Å². The second kappa shape index (κ2) is 2.66. The molecule has 0 unspecified atom stereocenters. The Kier molecular flexibility index (Phi) is 1.64. The van der Waals surface area contributed by atoms with Crippen molar-refractivity contribution in [3.05, 3.63) is 17.5 Å². The van der Waals surface area contributed by atoms with Crippen molar-refractivity contribution in [3.8, 4) is 0 Å². The monoisotopic (exact) mass is 171 g/mol. The summed E-state index contributed by atoms with van der Waals surface area (Å²) in [6.45, 7) is 1.22. The fraction of sp³-hybridized carbons (Fsp3) is 0.429. The summed E-state index contributed by atoms with van der Waals surface area (Å²) in [6.07, 6.45) is 0.202. The number of halogens is 2. The fourth-order valence-corrected chi connectivity index (χ4v) is 1.20. The predicted octanol–water partition coefficient (Wildman–Crippen LogP) is 1.25. The van der Waals surface area contributed by atoms with Crippen LogP contribution in [0.15, 0.2) is 11.2 Å². The lowest BCUT2D eigenvalue weighted by atomic mass is 10.2. The molecule has 0 saturated carbocycles. The van der Waals surface area contributed by atoms with Gasteiger partial charge >= 0.3 is 0 Å². The van der Waals surface area contributed by atoms with Gasteiger partial charge in [0, 0.05) is 6.21 Å². The van der Waals surface area contributed by atoms with E-state index in [2.05, 4.69) is 10.1 Å². The van der Waals surface area contributed by atoms with Gasteiger partial charge in [-0.2, -0.15) is 5.10 Å². The van der Waals surface area contributed by atoms with Crippen molar-refractivity contribution in [3.63, 3.8) is 0 Å². The zero-order valence-electron chi connectivity index (χ0n) is 6.24. The lowest BCUT2D eigenvalue weighted by Gasteiger charge is -2.07. The Hall–Kier alpha value is -1.26. The summed E-state index contributed by atoms with van der Waals surface area (Å²) in [4.78, 5) is 3.91. The van der Waals surface area contributed by atoms with Crippen LogP contribution in [0.4, 0.5) is 8.78 Å². The third-order valence-electron chi connectivity index (χ3n) is 1.80. The molecule has 0 fully saturated rings. The van der Waals surface area contributed by atoms with Gasteiger partial charge in [0.2, 0.25) is 0 Å². The summed E-state index contributed by atoms with van der Waals surface area (Å²) in [5.74, 6) is 0. The number of aromatic nitrogens is 2. The Labute approximate surface area is 67.7 Å². The van der Waals surface area contributed by atoms with Crippen LogP contribution in [0.1, 0.15) is 17.7 Å². The average molecular weight is 171 g/mol. The summed E-state index contributed by atoms with van der Waals surface area (Å²) < 4.78 is 26.1. The molecule has 64 valence electrons. The molecule has 1 aromatic rings. The maximum atomic E-state index is 12.3. The number of alkyl halides is 2. The highest BCUT2D eigenvalue weighted by atomic mass is 19.3. The van der Waals surface area contributed by atoms with Crippen LogP contribution in [-0.2, 0) is 6.54 Å². The Bertz CT molecular complexity index is 316. The van der Waals surface area contributed by atoms with E-state index < -0.39 is 6.43 Å². The van der Waals surface area contributed by atoms with Gasteiger partial charge in [0.1, 0.15) is 0 Å². The number of rotatable bonds is 1. The van der Waals surface area contributed by atoms with Crippen molar-refractivity contribution in [1.82, 2.24) is 9.78 Å². The number of hydrogen-bond donors (Lipinski definition) is 0. The molecular formula is C7H7F2N3. The Morgan fingerprint density at radius 2 is 2.33 bits per heavy atom. The standard InChI is InChI=1S/C7H7F2N3/c8-7(9)5-3-11-12-2-1-10-4-6(5)12/h3-4,7H,1-2H2. The molecule has 0 spiro atoms. The van der Waals surface area contributed by atoms with E-state index in [0.29, 0.717) is 18.8 Å². The maximum Gasteiger partial charge on any atom is 0.267 e. The van der Waals surface area contributed by atoms with Gasteiger partial charge in [-0.1, -0.05) is 0 Å². The van der Waals surface area contributed by atoms with Crippen LogP contribution in [0.5, 0.6) is 0 Å². The van der Waals surface area contributed by atoms with E-state index in [1.165, 1.54) is 12.4 Å². The van der Waals surface area contributed by atoms with Gasteiger partial charge in [-0.05, 0) is 0 Å². The summed E-state index contributed by atoms with van der Waals surface area (Å²) in [6, 6.07) is 0. The van der Waals surface area contributed by atoms with Crippen molar-refractivity contribution in [2.45, 2.75) is 13.0 Å². The zero-order valence-corrected chi connectivity index (χ0v) is 6.24. The molecule has 5 heteroatoms. The van der Waals surface area contributed by atoms with E-state index in [0.717, 1.165) is 0 Å². The molecule has 1 aromatic heterocycles. The first-order valence-corrected chi connectivity index (χ1v) is 3.62. The normalized spacial score (nSPS) is 15.2. The van der Waals surface area contributed by atoms with Crippen molar-refractivity contribution in [2.24, 2.45) is 4.99 Å². The number of aliphatic imine (C=N–C) groups is 1. The number of nitrogens with zero attached hydrogens (tertiary/aromatic N) is 3. The maximum absolute atomic E-state index is 12.3. The minimum atomic E-state index is -2.46. The van der Waals surface area contributed by atoms with Gasteiger partial charge in [0.15, 0.2) is 0 Å². The van der Waals surface area contributed by atoms with E-state index >= 15 is 0 Å². The molecule has 1 aliphatic heterocycles. The molecule has 0 N–H and O–H groups in total. The molecule has 12 heavy (non-hydrogen) atoms. The molecule has 2 heterocycles. The highest BCUT2D eigenvalue weighted by Gasteiger charge is 2.18. The minimum absolute atomic E-state index is 0.0292. The second-order valence-corrected chi connectivity index (χ2v) is 2.54. The van der Waals surface area contributed by atoms with Gasteiger partial charge < -0.3 is 0 Å². The minimum Gasteiger partial charge on any atom is -0.289 e. The summed E-state index contributed by atoms with van der Waals surface area (Å²) in [5, 5.41) is 3.82. The second-order valence-electron chi connectivity index (χ2n) is 2.54.